The first kappa shape index (κ1) is 13.7. The predicted octanol–water partition coefficient (Wildman–Crippen LogP) is 3.51. The molecule has 0 aliphatic rings. The van der Waals surface area contributed by atoms with Crippen molar-refractivity contribution in [2.24, 2.45) is 0 Å². The van der Waals surface area contributed by atoms with Gasteiger partial charge in [-0.2, -0.15) is 0 Å². The van der Waals surface area contributed by atoms with E-state index < -0.39 is 11.6 Å². The number of hydrogen-bond donors (Lipinski definition) is 1. The molecule has 1 N–H and O–H groups in total. The molecule has 2 aromatic rings. The zero-order valence-corrected chi connectivity index (χ0v) is 11.1. The maximum Gasteiger partial charge on any atom is 0.181 e. The van der Waals surface area contributed by atoms with Gasteiger partial charge in [-0.05, 0) is 32.9 Å². The molecule has 1 aromatic carbocycles. The Bertz CT molecular complexity index is 553. The predicted molar refractivity (Wildman–Crippen MR) is 68.4 cm³/mol. The van der Waals surface area contributed by atoms with E-state index in [9.17, 15) is 8.78 Å². The van der Waals surface area contributed by atoms with Crippen molar-refractivity contribution in [2.75, 3.05) is 0 Å². The van der Waals surface area contributed by atoms with E-state index >= 15 is 0 Å². The zero-order valence-electron chi connectivity index (χ0n) is 11.1. The number of rotatable bonds is 3. The number of oxazole rings is 1. The maximum atomic E-state index is 13.7. The van der Waals surface area contributed by atoms with Gasteiger partial charge < -0.3 is 9.73 Å². The molecule has 0 unspecified atom stereocenters. The molecule has 0 aliphatic heterocycles. The molecule has 0 radical (unpaired) electrons. The highest BCUT2D eigenvalue weighted by atomic mass is 19.1. The van der Waals surface area contributed by atoms with Crippen LogP contribution in [0.1, 0.15) is 26.5 Å². The normalized spacial score (nSPS) is 11.8. The molecule has 0 saturated carbocycles. The molecule has 3 nitrogen and oxygen atoms in total. The Morgan fingerprint density at radius 1 is 1.21 bits per heavy atom. The Morgan fingerprint density at radius 2 is 1.84 bits per heavy atom. The second-order valence-corrected chi connectivity index (χ2v) is 5.33. The average Bonchev–Trinajstić information content (AvgIpc) is 2.73. The number of halogens is 2. The van der Waals surface area contributed by atoms with Gasteiger partial charge in [0.05, 0.1) is 5.56 Å². The number of aromatic nitrogens is 1. The van der Waals surface area contributed by atoms with Gasteiger partial charge in [-0.1, -0.05) is 6.07 Å². The maximum absolute atomic E-state index is 13.7. The minimum atomic E-state index is -0.659. The number of nitrogens with one attached hydrogen (secondary N) is 1. The van der Waals surface area contributed by atoms with Crippen LogP contribution in [0.5, 0.6) is 0 Å². The van der Waals surface area contributed by atoms with E-state index in [1.807, 2.05) is 20.8 Å². The van der Waals surface area contributed by atoms with Crippen molar-refractivity contribution in [3.8, 4) is 11.3 Å². The van der Waals surface area contributed by atoms with Gasteiger partial charge in [0.25, 0.3) is 0 Å². The third-order valence-electron chi connectivity index (χ3n) is 2.62. The molecule has 19 heavy (non-hydrogen) atoms. The molecule has 1 heterocycles. The van der Waals surface area contributed by atoms with Crippen molar-refractivity contribution in [3.63, 3.8) is 0 Å². The molecule has 0 spiro atoms. The Labute approximate surface area is 110 Å². The highest BCUT2D eigenvalue weighted by Crippen LogP contribution is 2.28. The molecule has 0 saturated heterocycles. The van der Waals surface area contributed by atoms with Crippen molar-refractivity contribution in [1.29, 1.82) is 0 Å². The van der Waals surface area contributed by atoms with Crippen LogP contribution < -0.4 is 5.32 Å². The summed E-state index contributed by atoms with van der Waals surface area (Å²) >= 11 is 0. The SMILES string of the molecule is CC(C)(C)NCc1ncoc1-c1c(F)cccc1F. The lowest BCUT2D eigenvalue weighted by Gasteiger charge is -2.19. The minimum absolute atomic E-state index is 0.121. The molecule has 102 valence electrons. The first-order chi connectivity index (χ1) is 8.88. The molecule has 1 aromatic heterocycles. The summed E-state index contributed by atoms with van der Waals surface area (Å²) in [6, 6.07) is 3.71. The van der Waals surface area contributed by atoms with E-state index in [-0.39, 0.29) is 16.9 Å². The minimum Gasteiger partial charge on any atom is -0.443 e. The quantitative estimate of drug-likeness (QED) is 0.923. The Hall–Kier alpha value is -1.75. The fourth-order valence-corrected chi connectivity index (χ4v) is 1.66. The van der Waals surface area contributed by atoms with Gasteiger partial charge in [-0.15, -0.1) is 0 Å². The number of hydrogen-bond acceptors (Lipinski definition) is 3. The van der Waals surface area contributed by atoms with Crippen LogP contribution in [-0.2, 0) is 6.54 Å². The van der Waals surface area contributed by atoms with E-state index in [0.717, 1.165) is 0 Å². The number of nitrogens with zero attached hydrogens (tertiary/aromatic N) is 1. The molecule has 0 bridgehead atoms. The number of benzene rings is 1. The summed E-state index contributed by atoms with van der Waals surface area (Å²) in [6.07, 6.45) is 1.20. The van der Waals surface area contributed by atoms with Crippen LogP contribution in [0.25, 0.3) is 11.3 Å². The standard InChI is InChI=1S/C14H16F2N2O/c1-14(2,3)18-7-11-13(19-8-17-11)12-9(15)5-4-6-10(12)16/h4-6,8,18H,7H2,1-3H3. The Balaban J connectivity index is 2.34. The molecule has 0 atom stereocenters. The highest BCUT2D eigenvalue weighted by Gasteiger charge is 2.20. The van der Waals surface area contributed by atoms with Gasteiger partial charge in [0.1, 0.15) is 17.3 Å². The molecule has 0 fully saturated rings. The molecule has 2 rings (SSSR count). The molecular formula is C14H16F2N2O. The van der Waals surface area contributed by atoms with Gasteiger partial charge in [-0.3, -0.25) is 0 Å². The third-order valence-corrected chi connectivity index (χ3v) is 2.62. The lowest BCUT2D eigenvalue weighted by molar-refractivity contribution is 0.421. The molecule has 0 aliphatic carbocycles. The van der Waals surface area contributed by atoms with Crippen LogP contribution >= 0.6 is 0 Å². The summed E-state index contributed by atoms with van der Waals surface area (Å²) in [6.45, 7) is 6.37. The van der Waals surface area contributed by atoms with Crippen LogP contribution in [0.2, 0.25) is 0 Å². The van der Waals surface area contributed by atoms with E-state index in [1.54, 1.807) is 0 Å². The van der Waals surface area contributed by atoms with Crippen molar-refractivity contribution >= 4 is 0 Å². The van der Waals surface area contributed by atoms with Gasteiger partial charge in [0.2, 0.25) is 0 Å². The third kappa shape index (κ3) is 3.17. The molecular weight excluding hydrogens is 250 g/mol. The second kappa shape index (κ2) is 5.09. The lowest BCUT2D eigenvalue weighted by Crippen LogP contribution is -2.35. The summed E-state index contributed by atoms with van der Waals surface area (Å²) in [5, 5.41) is 3.21. The largest absolute Gasteiger partial charge is 0.443 e. The van der Waals surface area contributed by atoms with Gasteiger partial charge in [-0.25, -0.2) is 13.8 Å². The van der Waals surface area contributed by atoms with Gasteiger partial charge >= 0.3 is 0 Å². The van der Waals surface area contributed by atoms with Crippen LogP contribution in [0, 0.1) is 11.6 Å². The van der Waals surface area contributed by atoms with E-state index in [2.05, 4.69) is 10.3 Å². The summed E-state index contributed by atoms with van der Waals surface area (Å²) in [5.41, 5.74) is 0.189. The fourth-order valence-electron chi connectivity index (χ4n) is 1.66. The first-order valence-electron chi connectivity index (χ1n) is 6.00. The molecule has 0 amide bonds. The lowest BCUT2D eigenvalue weighted by atomic mass is 10.1. The van der Waals surface area contributed by atoms with Crippen LogP contribution in [0.3, 0.4) is 0 Å². The average molecular weight is 266 g/mol. The van der Waals surface area contributed by atoms with Gasteiger partial charge in [0, 0.05) is 12.1 Å². The summed E-state index contributed by atoms with van der Waals surface area (Å²) in [7, 11) is 0. The van der Waals surface area contributed by atoms with Crippen LogP contribution in [0.4, 0.5) is 8.78 Å². The van der Waals surface area contributed by atoms with Crippen molar-refractivity contribution < 1.29 is 13.2 Å². The van der Waals surface area contributed by atoms with Crippen molar-refractivity contribution in [1.82, 2.24) is 10.3 Å². The summed E-state index contributed by atoms with van der Waals surface area (Å²) < 4.78 is 32.6. The van der Waals surface area contributed by atoms with E-state index in [1.165, 1.54) is 24.6 Å². The zero-order chi connectivity index (χ0) is 14.0. The van der Waals surface area contributed by atoms with Crippen LogP contribution in [0.15, 0.2) is 29.0 Å². The monoisotopic (exact) mass is 266 g/mol. The van der Waals surface area contributed by atoms with E-state index in [4.69, 9.17) is 4.42 Å². The van der Waals surface area contributed by atoms with Gasteiger partial charge in [0.15, 0.2) is 12.2 Å². The van der Waals surface area contributed by atoms with Crippen LogP contribution in [-0.4, -0.2) is 10.5 Å². The summed E-state index contributed by atoms with van der Waals surface area (Å²) in [4.78, 5) is 4.02. The highest BCUT2D eigenvalue weighted by molar-refractivity contribution is 5.61. The van der Waals surface area contributed by atoms with Crippen molar-refractivity contribution in [3.05, 3.63) is 41.9 Å². The second-order valence-electron chi connectivity index (χ2n) is 5.33. The Kier molecular flexibility index (Phi) is 3.66. The molecule has 5 heteroatoms. The topological polar surface area (TPSA) is 38.1 Å². The smallest absolute Gasteiger partial charge is 0.181 e. The fraction of sp³-hybridized carbons (Fsp3) is 0.357. The summed E-state index contributed by atoms with van der Waals surface area (Å²) in [5.74, 6) is -1.19. The Morgan fingerprint density at radius 3 is 2.42 bits per heavy atom. The first-order valence-corrected chi connectivity index (χ1v) is 6.00. The van der Waals surface area contributed by atoms with Crippen molar-refractivity contribution in [2.45, 2.75) is 32.9 Å². The van der Waals surface area contributed by atoms with E-state index in [0.29, 0.717) is 12.2 Å².